The van der Waals surface area contributed by atoms with Gasteiger partial charge in [-0.15, -0.1) is 0 Å². The van der Waals surface area contributed by atoms with E-state index >= 15 is 0 Å². The summed E-state index contributed by atoms with van der Waals surface area (Å²) in [4.78, 5) is 10.8. The van der Waals surface area contributed by atoms with Gasteiger partial charge in [0.25, 0.3) is 0 Å². The maximum absolute atomic E-state index is 11.1. The minimum atomic E-state index is -0.287. The molecule has 0 unspecified atom stereocenters. The van der Waals surface area contributed by atoms with Crippen molar-refractivity contribution in [3.8, 4) is 5.75 Å². The van der Waals surface area contributed by atoms with Gasteiger partial charge in [-0.25, -0.2) is 4.79 Å². The quantitative estimate of drug-likeness (QED) is 0.722. The smallest absolute Gasteiger partial charge is 0.396 e. The number of hydrogen-bond acceptors (Lipinski definition) is 4. The predicted octanol–water partition coefficient (Wildman–Crippen LogP) is 3.43. The first kappa shape index (κ1) is 11.0. The Balaban J connectivity index is 1.80. The van der Waals surface area contributed by atoms with Crippen molar-refractivity contribution in [3.05, 3.63) is 63.8 Å². The van der Waals surface area contributed by atoms with Gasteiger partial charge in [-0.1, -0.05) is 41.7 Å². The van der Waals surface area contributed by atoms with Crippen LogP contribution in [0.3, 0.4) is 0 Å². The van der Waals surface area contributed by atoms with Gasteiger partial charge in [0.2, 0.25) is 0 Å². The standard InChI is InChI=1S/C14H10O3S/c15-14-17-12-7-6-11(8-13(12)18-14)16-9-10-4-2-1-3-5-10/h1-8H,9H2. The highest BCUT2D eigenvalue weighted by Crippen LogP contribution is 2.23. The van der Waals surface area contributed by atoms with E-state index in [0.29, 0.717) is 12.2 Å². The second-order valence-electron chi connectivity index (χ2n) is 3.84. The van der Waals surface area contributed by atoms with E-state index in [1.807, 2.05) is 36.4 Å². The van der Waals surface area contributed by atoms with E-state index in [1.54, 1.807) is 12.1 Å². The van der Waals surface area contributed by atoms with Gasteiger partial charge in [0.15, 0.2) is 0 Å². The lowest BCUT2D eigenvalue weighted by atomic mass is 10.2. The van der Waals surface area contributed by atoms with Crippen LogP contribution in [0.4, 0.5) is 0 Å². The van der Waals surface area contributed by atoms with Gasteiger partial charge in [0.1, 0.15) is 17.9 Å². The third-order valence-corrected chi connectivity index (χ3v) is 3.34. The molecule has 90 valence electrons. The van der Waals surface area contributed by atoms with Crippen molar-refractivity contribution in [2.45, 2.75) is 6.61 Å². The summed E-state index contributed by atoms with van der Waals surface area (Å²) in [5.41, 5.74) is 1.72. The Kier molecular flexibility index (Phi) is 2.86. The van der Waals surface area contributed by atoms with Gasteiger partial charge in [-0.3, -0.25) is 0 Å². The molecule has 18 heavy (non-hydrogen) atoms. The minimum Gasteiger partial charge on any atom is -0.489 e. The second kappa shape index (κ2) is 4.66. The van der Waals surface area contributed by atoms with Gasteiger partial charge in [-0.05, 0) is 17.7 Å². The van der Waals surface area contributed by atoms with Crippen LogP contribution in [-0.2, 0) is 6.61 Å². The lowest BCUT2D eigenvalue weighted by molar-refractivity contribution is 0.306. The zero-order chi connectivity index (χ0) is 12.4. The largest absolute Gasteiger partial charge is 0.489 e. The summed E-state index contributed by atoms with van der Waals surface area (Å²) >= 11 is 1.09. The molecule has 0 saturated carbocycles. The number of hydrogen-bond donors (Lipinski definition) is 0. The first-order chi connectivity index (χ1) is 8.81. The van der Waals surface area contributed by atoms with Crippen molar-refractivity contribution in [1.82, 2.24) is 0 Å². The van der Waals surface area contributed by atoms with E-state index in [2.05, 4.69) is 0 Å². The third-order valence-electron chi connectivity index (χ3n) is 2.55. The average molecular weight is 258 g/mol. The van der Waals surface area contributed by atoms with Crippen LogP contribution in [0.5, 0.6) is 5.75 Å². The topological polar surface area (TPSA) is 39.4 Å². The Morgan fingerprint density at radius 3 is 2.78 bits per heavy atom. The molecule has 0 saturated heterocycles. The van der Waals surface area contributed by atoms with E-state index < -0.39 is 0 Å². The normalized spacial score (nSPS) is 10.7. The highest BCUT2D eigenvalue weighted by atomic mass is 32.1. The Labute approximate surface area is 107 Å². The second-order valence-corrected chi connectivity index (χ2v) is 4.81. The van der Waals surface area contributed by atoms with Crippen molar-refractivity contribution in [3.63, 3.8) is 0 Å². The van der Waals surface area contributed by atoms with Crippen LogP contribution in [0, 0.1) is 0 Å². The maximum atomic E-state index is 11.1. The fourth-order valence-corrected chi connectivity index (χ4v) is 2.38. The van der Waals surface area contributed by atoms with Crippen LogP contribution in [-0.4, -0.2) is 0 Å². The fraction of sp³-hybridized carbons (Fsp3) is 0.0714. The van der Waals surface area contributed by atoms with Crippen LogP contribution in [0.15, 0.2) is 57.7 Å². The third kappa shape index (κ3) is 2.28. The highest BCUT2D eigenvalue weighted by Gasteiger charge is 2.03. The molecule has 0 aliphatic heterocycles. The monoisotopic (exact) mass is 258 g/mol. The molecule has 2 aromatic carbocycles. The zero-order valence-corrected chi connectivity index (χ0v) is 10.3. The fourth-order valence-electron chi connectivity index (χ4n) is 1.68. The molecule has 0 radical (unpaired) electrons. The van der Waals surface area contributed by atoms with E-state index in [4.69, 9.17) is 9.15 Å². The summed E-state index contributed by atoms with van der Waals surface area (Å²) < 4.78 is 11.5. The van der Waals surface area contributed by atoms with Gasteiger partial charge in [-0.2, -0.15) is 0 Å². The van der Waals surface area contributed by atoms with Crippen molar-refractivity contribution >= 4 is 21.6 Å². The van der Waals surface area contributed by atoms with Crippen LogP contribution >= 0.6 is 11.3 Å². The summed E-state index contributed by atoms with van der Waals surface area (Å²) in [7, 11) is 0. The maximum Gasteiger partial charge on any atom is 0.396 e. The molecule has 1 heterocycles. The first-order valence-electron chi connectivity index (χ1n) is 5.52. The molecule has 0 bridgehead atoms. The summed E-state index contributed by atoms with van der Waals surface area (Å²) in [6.07, 6.45) is 0. The van der Waals surface area contributed by atoms with Crippen LogP contribution < -0.4 is 9.68 Å². The van der Waals surface area contributed by atoms with Crippen molar-refractivity contribution in [1.29, 1.82) is 0 Å². The Bertz CT molecular complexity index is 712. The summed E-state index contributed by atoms with van der Waals surface area (Å²) in [6, 6.07) is 15.3. The summed E-state index contributed by atoms with van der Waals surface area (Å²) in [5, 5.41) is 0. The van der Waals surface area contributed by atoms with E-state index in [1.165, 1.54) is 0 Å². The molecule has 0 aliphatic carbocycles. The van der Waals surface area contributed by atoms with Crippen LogP contribution in [0.25, 0.3) is 10.3 Å². The molecule has 3 nitrogen and oxygen atoms in total. The Hall–Kier alpha value is -2.07. The molecular formula is C14H10O3S. The highest BCUT2D eigenvalue weighted by molar-refractivity contribution is 7.16. The first-order valence-corrected chi connectivity index (χ1v) is 6.33. The van der Waals surface area contributed by atoms with Crippen LogP contribution in [0.1, 0.15) is 5.56 Å². The number of ether oxygens (including phenoxy) is 1. The SMILES string of the molecule is O=c1oc2ccc(OCc3ccccc3)cc2s1. The van der Waals surface area contributed by atoms with Gasteiger partial charge < -0.3 is 9.15 Å². The van der Waals surface area contributed by atoms with Gasteiger partial charge in [0, 0.05) is 6.07 Å². The molecular weight excluding hydrogens is 248 g/mol. The number of benzene rings is 2. The Morgan fingerprint density at radius 1 is 1.11 bits per heavy atom. The lowest BCUT2D eigenvalue weighted by Gasteiger charge is -2.05. The predicted molar refractivity (Wildman–Crippen MR) is 71.1 cm³/mol. The molecule has 0 atom stereocenters. The molecule has 4 heteroatoms. The molecule has 1 aromatic heterocycles. The van der Waals surface area contributed by atoms with E-state index in [-0.39, 0.29) is 4.94 Å². The molecule has 3 rings (SSSR count). The molecule has 3 aromatic rings. The van der Waals surface area contributed by atoms with Crippen molar-refractivity contribution < 1.29 is 9.15 Å². The zero-order valence-electron chi connectivity index (χ0n) is 9.46. The minimum absolute atomic E-state index is 0.287. The van der Waals surface area contributed by atoms with Gasteiger partial charge in [0.05, 0.1) is 4.70 Å². The number of fused-ring (bicyclic) bond motifs is 1. The molecule has 0 fully saturated rings. The lowest BCUT2D eigenvalue weighted by Crippen LogP contribution is -1.94. The van der Waals surface area contributed by atoms with Gasteiger partial charge >= 0.3 is 4.94 Å². The average Bonchev–Trinajstić information content (AvgIpc) is 2.77. The van der Waals surface area contributed by atoms with Crippen molar-refractivity contribution in [2.24, 2.45) is 0 Å². The number of rotatable bonds is 3. The van der Waals surface area contributed by atoms with E-state index in [9.17, 15) is 4.79 Å². The molecule has 0 amide bonds. The summed E-state index contributed by atoms with van der Waals surface area (Å²) in [5.74, 6) is 0.739. The van der Waals surface area contributed by atoms with Crippen molar-refractivity contribution in [2.75, 3.05) is 0 Å². The molecule has 0 aliphatic rings. The molecule has 0 N–H and O–H groups in total. The summed E-state index contributed by atoms with van der Waals surface area (Å²) in [6.45, 7) is 0.513. The molecule has 0 spiro atoms. The van der Waals surface area contributed by atoms with E-state index in [0.717, 1.165) is 27.3 Å². The van der Waals surface area contributed by atoms with Crippen LogP contribution in [0.2, 0.25) is 0 Å². The Morgan fingerprint density at radius 2 is 1.94 bits per heavy atom.